The molecule has 0 aromatic carbocycles. The second-order valence-corrected chi connectivity index (χ2v) is 13.7. The lowest BCUT2D eigenvalue weighted by Gasteiger charge is -2.36. The summed E-state index contributed by atoms with van der Waals surface area (Å²) in [5.74, 6) is 0. The molecule has 136 valence electrons. The van der Waals surface area contributed by atoms with Crippen LogP contribution in [-0.2, 0) is 13.9 Å². The first-order valence-electron chi connectivity index (χ1n) is 8.57. The van der Waals surface area contributed by atoms with Crippen molar-refractivity contribution in [1.29, 1.82) is 0 Å². The Hall–Kier alpha value is -0.593. The van der Waals surface area contributed by atoms with Crippen LogP contribution in [0.2, 0.25) is 18.1 Å². The minimum atomic E-state index is -1.70. The van der Waals surface area contributed by atoms with Gasteiger partial charge in [-0.25, -0.2) is 4.79 Å². The molecule has 1 fully saturated rings. The first kappa shape index (κ1) is 20.5. The SMILES string of the molecule is CC(C)(C)OC(=O)N[C@@H](CCCO[Si](C)(C)C(C)(C)C)[C@H]1CO1. The van der Waals surface area contributed by atoms with E-state index in [0.29, 0.717) is 6.61 Å². The van der Waals surface area contributed by atoms with E-state index in [1.807, 2.05) is 20.8 Å². The minimum Gasteiger partial charge on any atom is -0.444 e. The highest BCUT2D eigenvalue weighted by Gasteiger charge is 2.37. The molecular formula is C17H35NO4Si. The monoisotopic (exact) mass is 345 g/mol. The van der Waals surface area contributed by atoms with Gasteiger partial charge >= 0.3 is 6.09 Å². The van der Waals surface area contributed by atoms with Gasteiger partial charge in [-0.15, -0.1) is 0 Å². The van der Waals surface area contributed by atoms with E-state index >= 15 is 0 Å². The summed E-state index contributed by atoms with van der Waals surface area (Å²) in [6, 6.07) is 0.00728. The van der Waals surface area contributed by atoms with Gasteiger partial charge in [0.15, 0.2) is 8.32 Å². The van der Waals surface area contributed by atoms with E-state index in [-0.39, 0.29) is 23.3 Å². The van der Waals surface area contributed by atoms with E-state index in [2.05, 4.69) is 39.2 Å². The predicted octanol–water partition coefficient (Wildman–Crippen LogP) is 4.08. The standard InChI is InChI=1S/C17H35NO4Si/c1-16(2,3)22-15(19)18-13(14-12-20-14)10-9-11-21-23(7,8)17(4,5)6/h13-14H,9-12H2,1-8H3,(H,18,19)/t13-,14+/m0/s1. The summed E-state index contributed by atoms with van der Waals surface area (Å²) >= 11 is 0. The Morgan fingerprint density at radius 3 is 2.26 bits per heavy atom. The molecule has 1 saturated heterocycles. The smallest absolute Gasteiger partial charge is 0.407 e. The molecule has 1 N–H and O–H groups in total. The first-order chi connectivity index (χ1) is 10.3. The third-order valence-corrected chi connectivity index (χ3v) is 8.98. The van der Waals surface area contributed by atoms with Crippen LogP contribution in [0.25, 0.3) is 0 Å². The van der Waals surface area contributed by atoms with Crippen molar-refractivity contribution in [2.75, 3.05) is 13.2 Å². The van der Waals surface area contributed by atoms with Crippen molar-refractivity contribution >= 4 is 14.4 Å². The van der Waals surface area contributed by atoms with Crippen molar-refractivity contribution in [3.8, 4) is 0 Å². The molecule has 1 heterocycles. The highest BCUT2D eigenvalue weighted by atomic mass is 28.4. The van der Waals surface area contributed by atoms with Gasteiger partial charge in [-0.3, -0.25) is 0 Å². The number of alkyl carbamates (subject to hydrolysis) is 1. The molecule has 0 aromatic heterocycles. The molecule has 0 unspecified atom stereocenters. The Bertz CT molecular complexity index is 394. The number of carbonyl (C=O) groups excluding carboxylic acids is 1. The fourth-order valence-electron chi connectivity index (χ4n) is 1.94. The van der Waals surface area contributed by atoms with Crippen LogP contribution in [0.15, 0.2) is 0 Å². The zero-order valence-electron chi connectivity index (χ0n) is 16.1. The molecule has 0 bridgehead atoms. The van der Waals surface area contributed by atoms with Crippen molar-refractivity contribution < 1.29 is 18.7 Å². The second-order valence-electron chi connectivity index (χ2n) is 8.88. The van der Waals surface area contributed by atoms with Crippen LogP contribution in [0, 0.1) is 0 Å². The van der Waals surface area contributed by atoms with Crippen molar-refractivity contribution in [1.82, 2.24) is 5.32 Å². The van der Waals surface area contributed by atoms with Crippen molar-refractivity contribution in [2.45, 2.75) is 90.3 Å². The maximum absolute atomic E-state index is 11.9. The maximum atomic E-state index is 11.9. The van der Waals surface area contributed by atoms with Crippen LogP contribution >= 0.6 is 0 Å². The quantitative estimate of drug-likeness (QED) is 0.429. The fraction of sp³-hybridized carbons (Fsp3) is 0.941. The minimum absolute atomic E-state index is 0.00728. The number of ether oxygens (including phenoxy) is 2. The predicted molar refractivity (Wildman–Crippen MR) is 95.3 cm³/mol. The summed E-state index contributed by atoms with van der Waals surface area (Å²) in [5.41, 5.74) is -0.482. The normalized spacial score (nSPS) is 20.1. The number of epoxide rings is 1. The van der Waals surface area contributed by atoms with E-state index in [9.17, 15) is 4.79 Å². The van der Waals surface area contributed by atoms with Crippen molar-refractivity contribution in [3.63, 3.8) is 0 Å². The molecule has 1 aliphatic heterocycles. The largest absolute Gasteiger partial charge is 0.444 e. The number of hydrogen-bond donors (Lipinski definition) is 1. The Labute approximate surface area is 142 Å². The van der Waals surface area contributed by atoms with Crippen LogP contribution in [0.4, 0.5) is 4.79 Å². The Balaban J connectivity index is 2.36. The van der Waals surface area contributed by atoms with E-state index in [1.165, 1.54) is 0 Å². The van der Waals surface area contributed by atoms with E-state index < -0.39 is 13.9 Å². The summed E-state index contributed by atoms with van der Waals surface area (Å²) in [6.07, 6.45) is 1.50. The number of amides is 1. The molecular weight excluding hydrogens is 310 g/mol. The summed E-state index contributed by atoms with van der Waals surface area (Å²) in [6.45, 7) is 18.3. The maximum Gasteiger partial charge on any atom is 0.407 e. The van der Waals surface area contributed by atoms with Gasteiger partial charge in [0.05, 0.1) is 12.6 Å². The summed E-state index contributed by atoms with van der Waals surface area (Å²) in [4.78, 5) is 11.9. The van der Waals surface area contributed by atoms with E-state index in [0.717, 1.165) is 19.4 Å². The first-order valence-corrected chi connectivity index (χ1v) is 11.5. The van der Waals surface area contributed by atoms with Gasteiger partial charge in [0.2, 0.25) is 0 Å². The van der Waals surface area contributed by atoms with Crippen LogP contribution in [-0.4, -0.2) is 45.4 Å². The molecule has 5 nitrogen and oxygen atoms in total. The topological polar surface area (TPSA) is 60.1 Å². The van der Waals surface area contributed by atoms with Crippen LogP contribution in [0.5, 0.6) is 0 Å². The van der Waals surface area contributed by atoms with E-state index in [1.54, 1.807) is 0 Å². The van der Waals surface area contributed by atoms with Crippen LogP contribution < -0.4 is 5.32 Å². The number of rotatable bonds is 7. The molecule has 1 rings (SSSR count). The second kappa shape index (κ2) is 7.53. The van der Waals surface area contributed by atoms with Gasteiger partial charge in [0.1, 0.15) is 11.7 Å². The molecule has 0 radical (unpaired) electrons. The van der Waals surface area contributed by atoms with Crippen LogP contribution in [0.1, 0.15) is 54.4 Å². The summed E-state index contributed by atoms with van der Waals surface area (Å²) in [7, 11) is -1.70. The lowest BCUT2D eigenvalue weighted by molar-refractivity contribution is 0.0490. The van der Waals surface area contributed by atoms with Crippen molar-refractivity contribution in [3.05, 3.63) is 0 Å². The van der Waals surface area contributed by atoms with Gasteiger partial charge in [-0.1, -0.05) is 20.8 Å². The Morgan fingerprint density at radius 1 is 1.26 bits per heavy atom. The molecule has 1 aliphatic rings. The summed E-state index contributed by atoms with van der Waals surface area (Å²) in [5, 5.41) is 3.16. The molecule has 0 aliphatic carbocycles. The van der Waals surface area contributed by atoms with Gasteiger partial charge in [-0.2, -0.15) is 0 Å². The Kier molecular flexibility index (Phi) is 6.70. The molecule has 0 spiro atoms. The average Bonchev–Trinajstić information content (AvgIpc) is 3.13. The highest BCUT2D eigenvalue weighted by Crippen LogP contribution is 2.36. The zero-order valence-corrected chi connectivity index (χ0v) is 17.1. The highest BCUT2D eigenvalue weighted by molar-refractivity contribution is 6.74. The third kappa shape index (κ3) is 7.68. The van der Waals surface area contributed by atoms with Gasteiger partial charge in [0.25, 0.3) is 0 Å². The molecule has 23 heavy (non-hydrogen) atoms. The van der Waals surface area contributed by atoms with Gasteiger partial charge < -0.3 is 19.2 Å². The van der Waals surface area contributed by atoms with Crippen molar-refractivity contribution in [2.24, 2.45) is 0 Å². The lowest BCUT2D eigenvalue weighted by atomic mass is 10.1. The number of carbonyl (C=O) groups is 1. The lowest BCUT2D eigenvalue weighted by Crippen LogP contribution is -2.43. The molecule has 6 heteroatoms. The molecule has 1 amide bonds. The fourth-order valence-corrected chi connectivity index (χ4v) is 3.03. The molecule has 0 saturated carbocycles. The third-order valence-electron chi connectivity index (χ3n) is 4.44. The van der Waals surface area contributed by atoms with Gasteiger partial charge in [-0.05, 0) is 51.7 Å². The van der Waals surface area contributed by atoms with Crippen LogP contribution in [0.3, 0.4) is 0 Å². The number of hydrogen-bond acceptors (Lipinski definition) is 4. The van der Waals surface area contributed by atoms with Gasteiger partial charge in [0, 0.05) is 6.61 Å². The Morgan fingerprint density at radius 2 is 1.83 bits per heavy atom. The molecule has 2 atom stereocenters. The summed E-state index contributed by atoms with van der Waals surface area (Å²) < 4.78 is 16.9. The average molecular weight is 346 g/mol. The molecule has 0 aromatic rings. The zero-order chi connectivity index (χ0) is 17.9. The van der Waals surface area contributed by atoms with E-state index in [4.69, 9.17) is 13.9 Å². The number of nitrogens with one attached hydrogen (secondary N) is 1.